The summed E-state index contributed by atoms with van der Waals surface area (Å²) in [5, 5.41) is 3.07. The first-order chi connectivity index (χ1) is 5.36. The lowest BCUT2D eigenvalue weighted by atomic mass is 10.2. The number of nitrogens with one attached hydrogen (secondary N) is 2. The number of rotatable bonds is 3. The molecule has 0 saturated carbocycles. The van der Waals surface area contributed by atoms with Crippen molar-refractivity contribution in [2.24, 2.45) is 5.84 Å². The predicted octanol–water partition coefficient (Wildman–Crippen LogP) is 0.692. The summed E-state index contributed by atoms with van der Waals surface area (Å²) in [4.78, 5) is 0. The second kappa shape index (κ2) is 3.95. The summed E-state index contributed by atoms with van der Waals surface area (Å²) in [5.41, 5.74) is 4.77. The van der Waals surface area contributed by atoms with E-state index in [0.717, 1.165) is 12.2 Å². The number of benzene rings is 1. The minimum atomic E-state index is 0.871. The molecule has 0 saturated heterocycles. The fraction of sp³-hybridized carbons (Fsp3) is 0.250. The Morgan fingerprint density at radius 1 is 1.45 bits per heavy atom. The minimum absolute atomic E-state index is 0.871. The van der Waals surface area contributed by atoms with Gasteiger partial charge in [-0.2, -0.15) is 0 Å². The fourth-order valence-corrected chi connectivity index (χ4v) is 0.975. The number of hydrogen-bond acceptors (Lipinski definition) is 3. The molecule has 0 radical (unpaired) electrons. The number of nitrogens with two attached hydrogens (primary N) is 1. The molecule has 3 nitrogen and oxygen atoms in total. The highest BCUT2D eigenvalue weighted by Crippen LogP contribution is 2.08. The predicted molar refractivity (Wildman–Crippen MR) is 47.0 cm³/mol. The lowest BCUT2D eigenvalue weighted by Gasteiger charge is -2.02. The molecular formula is C8H13N3. The van der Waals surface area contributed by atoms with E-state index < -0.39 is 0 Å². The van der Waals surface area contributed by atoms with Crippen LogP contribution in [0.2, 0.25) is 0 Å². The zero-order valence-corrected chi connectivity index (χ0v) is 6.59. The molecule has 0 unspecified atom stereocenters. The molecular weight excluding hydrogens is 138 g/mol. The van der Waals surface area contributed by atoms with Crippen LogP contribution in [-0.4, -0.2) is 7.05 Å². The maximum absolute atomic E-state index is 5.24. The van der Waals surface area contributed by atoms with Gasteiger partial charge in [0.05, 0.1) is 0 Å². The molecule has 0 amide bonds. The third-order valence-corrected chi connectivity index (χ3v) is 1.47. The molecule has 4 N–H and O–H groups in total. The first kappa shape index (κ1) is 8.04. The highest BCUT2D eigenvalue weighted by atomic mass is 15.2. The van der Waals surface area contributed by atoms with Gasteiger partial charge in [-0.3, -0.25) is 5.84 Å². The second-order valence-corrected chi connectivity index (χ2v) is 2.38. The first-order valence-corrected chi connectivity index (χ1v) is 3.57. The number of hydrogen-bond donors (Lipinski definition) is 3. The summed E-state index contributed by atoms with van der Waals surface area (Å²) in [5.74, 6) is 5.24. The Kier molecular flexibility index (Phi) is 2.89. The number of hydrazine groups is 1. The highest BCUT2D eigenvalue weighted by Gasteiger charge is 1.91. The van der Waals surface area contributed by atoms with Gasteiger partial charge < -0.3 is 10.7 Å². The molecule has 0 heterocycles. The van der Waals surface area contributed by atoms with E-state index in [2.05, 4.69) is 16.8 Å². The Labute approximate surface area is 66.6 Å². The molecule has 1 aromatic rings. The number of anilines is 1. The van der Waals surface area contributed by atoms with Gasteiger partial charge in [0, 0.05) is 12.2 Å². The lowest BCUT2D eigenvalue weighted by molar-refractivity contribution is 0.818. The van der Waals surface area contributed by atoms with Gasteiger partial charge in [0.15, 0.2) is 0 Å². The van der Waals surface area contributed by atoms with Crippen molar-refractivity contribution in [2.45, 2.75) is 6.54 Å². The van der Waals surface area contributed by atoms with Crippen LogP contribution in [0, 0.1) is 0 Å². The molecule has 0 bridgehead atoms. The number of nitrogen functional groups attached to an aromatic ring is 1. The minimum Gasteiger partial charge on any atom is -0.324 e. The highest BCUT2D eigenvalue weighted by molar-refractivity contribution is 5.44. The van der Waals surface area contributed by atoms with Gasteiger partial charge in [-0.1, -0.05) is 12.1 Å². The van der Waals surface area contributed by atoms with Crippen molar-refractivity contribution in [3.8, 4) is 0 Å². The summed E-state index contributed by atoms with van der Waals surface area (Å²) >= 11 is 0. The molecule has 1 aromatic carbocycles. The van der Waals surface area contributed by atoms with Gasteiger partial charge in [-0.05, 0) is 24.7 Å². The topological polar surface area (TPSA) is 50.1 Å². The van der Waals surface area contributed by atoms with Crippen LogP contribution >= 0.6 is 0 Å². The zero-order valence-electron chi connectivity index (χ0n) is 6.59. The Morgan fingerprint density at radius 2 is 2.27 bits per heavy atom. The molecule has 0 aliphatic heterocycles. The quantitative estimate of drug-likeness (QED) is 0.440. The van der Waals surface area contributed by atoms with E-state index in [0.29, 0.717) is 0 Å². The Morgan fingerprint density at radius 3 is 2.91 bits per heavy atom. The maximum Gasteiger partial charge on any atom is 0.0488 e. The molecule has 0 aliphatic rings. The van der Waals surface area contributed by atoms with Gasteiger partial charge in [-0.25, -0.2) is 0 Å². The first-order valence-electron chi connectivity index (χ1n) is 3.57. The SMILES string of the molecule is CNCc1cccc(NN)c1. The largest absolute Gasteiger partial charge is 0.324 e. The van der Waals surface area contributed by atoms with Gasteiger partial charge >= 0.3 is 0 Å². The van der Waals surface area contributed by atoms with Crippen LogP contribution in [0.1, 0.15) is 5.56 Å². The van der Waals surface area contributed by atoms with Crippen LogP contribution in [0.5, 0.6) is 0 Å². The monoisotopic (exact) mass is 151 g/mol. The molecule has 60 valence electrons. The van der Waals surface area contributed by atoms with Crippen LogP contribution in [0.4, 0.5) is 5.69 Å². The van der Waals surface area contributed by atoms with Crippen molar-refractivity contribution in [1.82, 2.24) is 5.32 Å². The van der Waals surface area contributed by atoms with Crippen molar-refractivity contribution < 1.29 is 0 Å². The maximum atomic E-state index is 5.24. The van der Waals surface area contributed by atoms with Crippen molar-refractivity contribution in [3.63, 3.8) is 0 Å². The van der Waals surface area contributed by atoms with Gasteiger partial charge in [0.25, 0.3) is 0 Å². The molecule has 3 heteroatoms. The Balaban J connectivity index is 2.74. The molecule has 1 rings (SSSR count). The van der Waals surface area contributed by atoms with E-state index in [1.54, 1.807) is 0 Å². The van der Waals surface area contributed by atoms with Crippen molar-refractivity contribution in [2.75, 3.05) is 12.5 Å². The summed E-state index contributed by atoms with van der Waals surface area (Å²) in [7, 11) is 1.92. The Bertz CT molecular complexity index is 222. The molecule has 0 aromatic heterocycles. The van der Waals surface area contributed by atoms with Crippen LogP contribution < -0.4 is 16.6 Å². The Hall–Kier alpha value is -1.06. The summed E-state index contributed by atoms with van der Waals surface area (Å²) in [6.45, 7) is 0.871. The van der Waals surface area contributed by atoms with Crippen LogP contribution in [0.3, 0.4) is 0 Å². The third kappa shape index (κ3) is 2.22. The van der Waals surface area contributed by atoms with E-state index in [1.165, 1.54) is 5.56 Å². The van der Waals surface area contributed by atoms with E-state index in [-0.39, 0.29) is 0 Å². The molecule has 0 spiro atoms. The van der Waals surface area contributed by atoms with E-state index in [4.69, 9.17) is 5.84 Å². The van der Waals surface area contributed by atoms with Crippen LogP contribution in [-0.2, 0) is 6.54 Å². The zero-order chi connectivity index (χ0) is 8.10. The van der Waals surface area contributed by atoms with E-state index in [9.17, 15) is 0 Å². The van der Waals surface area contributed by atoms with Gasteiger partial charge in [-0.15, -0.1) is 0 Å². The van der Waals surface area contributed by atoms with Gasteiger partial charge in [0.2, 0.25) is 0 Å². The van der Waals surface area contributed by atoms with Crippen molar-refractivity contribution in [1.29, 1.82) is 0 Å². The van der Waals surface area contributed by atoms with Gasteiger partial charge in [0.1, 0.15) is 0 Å². The van der Waals surface area contributed by atoms with Crippen LogP contribution in [0.15, 0.2) is 24.3 Å². The standard InChI is InChI=1S/C8H13N3/c1-10-6-7-3-2-4-8(5-7)11-9/h2-5,10-11H,6,9H2,1H3. The fourth-order valence-electron chi connectivity index (χ4n) is 0.975. The molecule has 0 atom stereocenters. The molecule has 11 heavy (non-hydrogen) atoms. The normalized spacial score (nSPS) is 9.64. The molecule has 0 aliphatic carbocycles. The van der Waals surface area contributed by atoms with Crippen molar-refractivity contribution >= 4 is 5.69 Å². The third-order valence-electron chi connectivity index (χ3n) is 1.47. The summed E-state index contributed by atoms with van der Waals surface area (Å²) < 4.78 is 0. The van der Waals surface area contributed by atoms with Crippen molar-refractivity contribution in [3.05, 3.63) is 29.8 Å². The average molecular weight is 151 g/mol. The second-order valence-electron chi connectivity index (χ2n) is 2.38. The average Bonchev–Trinajstić information content (AvgIpc) is 2.06. The lowest BCUT2D eigenvalue weighted by Crippen LogP contribution is -2.08. The van der Waals surface area contributed by atoms with E-state index >= 15 is 0 Å². The molecule has 0 fully saturated rings. The van der Waals surface area contributed by atoms with Crippen LogP contribution in [0.25, 0.3) is 0 Å². The summed E-state index contributed by atoms with van der Waals surface area (Å²) in [6.07, 6.45) is 0. The summed E-state index contributed by atoms with van der Waals surface area (Å²) in [6, 6.07) is 7.97. The van der Waals surface area contributed by atoms with E-state index in [1.807, 2.05) is 25.2 Å². The smallest absolute Gasteiger partial charge is 0.0488 e.